The molecule has 0 unspecified atom stereocenters. The van der Waals surface area contributed by atoms with Crippen molar-refractivity contribution in [3.8, 4) is 0 Å². The van der Waals surface area contributed by atoms with Gasteiger partial charge in [0.2, 0.25) is 5.91 Å². The topological polar surface area (TPSA) is 65.8 Å². The van der Waals surface area contributed by atoms with Crippen molar-refractivity contribution in [3.05, 3.63) is 47.2 Å². The highest BCUT2D eigenvalue weighted by atomic mass is 127. The molecule has 1 amide bonds. The number of hydrogen-bond donors (Lipinski definition) is 1. The summed E-state index contributed by atoms with van der Waals surface area (Å²) in [7, 11) is 3.59. The van der Waals surface area contributed by atoms with Crippen molar-refractivity contribution >= 4 is 53.1 Å². The largest absolute Gasteiger partial charge is 0.355 e. The van der Waals surface area contributed by atoms with Gasteiger partial charge in [0, 0.05) is 50.4 Å². The Bertz CT molecular complexity index is 864. The highest BCUT2D eigenvalue weighted by Crippen LogP contribution is 2.24. The normalized spacial score (nSPS) is 15.3. The summed E-state index contributed by atoms with van der Waals surface area (Å²) in [4.78, 5) is 20.8. The number of amides is 1. The number of guanidine groups is 1. The summed E-state index contributed by atoms with van der Waals surface area (Å²) in [5.74, 6) is 0.778. The van der Waals surface area contributed by atoms with Gasteiger partial charge in [-0.15, -0.1) is 24.0 Å². The lowest BCUT2D eigenvalue weighted by Gasteiger charge is -2.36. The van der Waals surface area contributed by atoms with Crippen LogP contribution in [0, 0.1) is 0 Å². The van der Waals surface area contributed by atoms with Gasteiger partial charge in [-0.1, -0.05) is 37.6 Å². The molecule has 0 aliphatic carbocycles. The number of aryl methyl sites for hydroxylation is 1. The average molecular weight is 531 g/mol. The Morgan fingerprint density at radius 1 is 1.28 bits per heavy atom. The van der Waals surface area contributed by atoms with Crippen LogP contribution in [0.2, 0.25) is 5.02 Å². The molecule has 1 aliphatic rings. The van der Waals surface area contributed by atoms with Crippen molar-refractivity contribution < 1.29 is 4.79 Å². The van der Waals surface area contributed by atoms with Gasteiger partial charge in [0.05, 0.1) is 11.9 Å². The van der Waals surface area contributed by atoms with Gasteiger partial charge >= 0.3 is 0 Å². The lowest BCUT2D eigenvalue weighted by atomic mass is 9.84. The quantitative estimate of drug-likeness (QED) is 0.375. The lowest BCUT2D eigenvalue weighted by Crippen LogP contribution is -2.56. The number of aliphatic imine (C=N–C) groups is 1. The van der Waals surface area contributed by atoms with Crippen molar-refractivity contribution in [2.45, 2.75) is 19.3 Å². The first-order chi connectivity index (χ1) is 13.3. The number of anilines is 1. The van der Waals surface area contributed by atoms with E-state index in [-0.39, 0.29) is 41.8 Å². The van der Waals surface area contributed by atoms with Crippen molar-refractivity contribution in [2.75, 3.05) is 38.1 Å². The fraction of sp³-hybridized carbons (Fsp3) is 0.450. The molecule has 158 valence electrons. The van der Waals surface area contributed by atoms with E-state index < -0.39 is 0 Å². The first-order valence-electron chi connectivity index (χ1n) is 9.31. The number of piperazine rings is 1. The second-order valence-corrected chi connectivity index (χ2v) is 8.07. The summed E-state index contributed by atoms with van der Waals surface area (Å²) < 4.78 is 1.70. The van der Waals surface area contributed by atoms with Crippen LogP contribution < -0.4 is 10.2 Å². The molecule has 1 aromatic carbocycles. The van der Waals surface area contributed by atoms with Gasteiger partial charge in [-0.2, -0.15) is 5.10 Å². The van der Waals surface area contributed by atoms with Crippen LogP contribution in [-0.4, -0.2) is 59.8 Å². The Morgan fingerprint density at radius 3 is 2.52 bits per heavy atom. The first-order valence-corrected chi connectivity index (χ1v) is 9.68. The molecule has 1 aliphatic heterocycles. The summed E-state index contributed by atoms with van der Waals surface area (Å²) in [6.07, 6.45) is 3.57. The van der Waals surface area contributed by atoms with Crippen LogP contribution in [0.5, 0.6) is 0 Å². The highest BCUT2D eigenvalue weighted by molar-refractivity contribution is 14.0. The van der Waals surface area contributed by atoms with E-state index in [2.05, 4.69) is 29.3 Å². The van der Waals surface area contributed by atoms with Crippen molar-refractivity contribution in [2.24, 2.45) is 12.0 Å². The minimum atomic E-state index is -0.109. The van der Waals surface area contributed by atoms with Crippen molar-refractivity contribution in [1.29, 1.82) is 0 Å². The van der Waals surface area contributed by atoms with Crippen LogP contribution in [0.25, 0.3) is 0 Å². The lowest BCUT2D eigenvalue weighted by molar-refractivity contribution is -0.120. The molecule has 1 fully saturated rings. The van der Waals surface area contributed by atoms with E-state index in [1.165, 1.54) is 5.56 Å². The number of halogens is 2. The molecule has 9 heteroatoms. The minimum absolute atomic E-state index is 0. The molecular formula is C20H28ClIN6O. The van der Waals surface area contributed by atoms with E-state index in [9.17, 15) is 4.79 Å². The number of carbonyl (C=O) groups is 1. The summed E-state index contributed by atoms with van der Waals surface area (Å²) >= 11 is 6.00. The molecule has 0 saturated carbocycles. The Labute approximate surface area is 194 Å². The van der Waals surface area contributed by atoms with Gasteiger partial charge in [0.1, 0.15) is 6.54 Å². The Hall–Kier alpha value is -1.81. The third-order valence-electron chi connectivity index (χ3n) is 5.05. The van der Waals surface area contributed by atoms with Crippen molar-refractivity contribution in [1.82, 2.24) is 20.0 Å². The molecule has 0 radical (unpaired) electrons. The number of nitrogens with zero attached hydrogens (tertiary/aromatic N) is 5. The molecular weight excluding hydrogens is 503 g/mol. The monoisotopic (exact) mass is 530 g/mol. The maximum absolute atomic E-state index is 12.6. The predicted molar refractivity (Wildman–Crippen MR) is 128 cm³/mol. The van der Waals surface area contributed by atoms with Gasteiger partial charge in [0.15, 0.2) is 5.96 Å². The number of aromatic nitrogens is 2. The summed E-state index contributed by atoms with van der Waals surface area (Å²) in [6, 6.07) is 7.90. The van der Waals surface area contributed by atoms with Crippen LogP contribution in [0.15, 0.2) is 41.7 Å². The zero-order chi connectivity index (χ0) is 20.3. The molecule has 1 saturated heterocycles. The highest BCUT2D eigenvalue weighted by Gasteiger charge is 2.29. The molecule has 1 aromatic heterocycles. The van der Waals surface area contributed by atoms with Gasteiger partial charge in [0.25, 0.3) is 0 Å². The molecule has 0 atom stereocenters. The van der Waals surface area contributed by atoms with E-state index in [4.69, 9.17) is 11.6 Å². The summed E-state index contributed by atoms with van der Waals surface area (Å²) in [5.41, 5.74) is 1.92. The molecule has 29 heavy (non-hydrogen) atoms. The van der Waals surface area contributed by atoms with Gasteiger partial charge < -0.3 is 15.1 Å². The number of carbonyl (C=O) groups excluding carboxylic acids is 1. The fourth-order valence-corrected chi connectivity index (χ4v) is 3.44. The standard InChI is InChI=1S/C20H27ClN6O.HI/c1-20(2,15-5-7-16(21)8-6-15)14-23-19(22-3)26-9-10-27(18(28)13-26)17-11-24-25(4)12-17;/h5-8,11-12H,9-10,13-14H2,1-4H3,(H,22,23);1H. The minimum Gasteiger partial charge on any atom is -0.355 e. The van der Waals surface area contributed by atoms with Crippen LogP contribution in [0.1, 0.15) is 19.4 Å². The van der Waals surface area contributed by atoms with Gasteiger partial charge in [-0.3, -0.25) is 14.5 Å². The number of hydrogen-bond acceptors (Lipinski definition) is 3. The van der Waals surface area contributed by atoms with E-state index in [0.29, 0.717) is 19.6 Å². The second-order valence-electron chi connectivity index (χ2n) is 7.63. The molecule has 7 nitrogen and oxygen atoms in total. The Balaban J connectivity index is 0.00000300. The van der Waals surface area contributed by atoms with Gasteiger partial charge in [-0.25, -0.2) is 0 Å². The molecule has 0 bridgehead atoms. The zero-order valence-electron chi connectivity index (χ0n) is 17.2. The van der Waals surface area contributed by atoms with E-state index in [1.807, 2.05) is 42.4 Å². The van der Waals surface area contributed by atoms with E-state index in [1.54, 1.807) is 22.8 Å². The van der Waals surface area contributed by atoms with Crippen LogP contribution in [-0.2, 0) is 17.3 Å². The summed E-state index contributed by atoms with van der Waals surface area (Å²) in [6.45, 7) is 6.63. The first kappa shape index (κ1) is 23.5. The zero-order valence-corrected chi connectivity index (χ0v) is 20.3. The van der Waals surface area contributed by atoms with E-state index >= 15 is 0 Å². The van der Waals surface area contributed by atoms with Crippen molar-refractivity contribution in [3.63, 3.8) is 0 Å². The van der Waals surface area contributed by atoms with Crippen LogP contribution >= 0.6 is 35.6 Å². The third kappa shape index (κ3) is 5.63. The average Bonchev–Trinajstić information content (AvgIpc) is 3.08. The second kappa shape index (κ2) is 9.80. The molecule has 0 spiro atoms. The number of rotatable bonds is 4. The Kier molecular flexibility index (Phi) is 7.93. The maximum Gasteiger partial charge on any atom is 0.246 e. The van der Waals surface area contributed by atoms with Crippen LogP contribution in [0.3, 0.4) is 0 Å². The van der Waals surface area contributed by atoms with Gasteiger partial charge in [-0.05, 0) is 17.7 Å². The van der Waals surface area contributed by atoms with E-state index in [0.717, 1.165) is 16.7 Å². The number of benzene rings is 1. The SMILES string of the molecule is CN=C(NCC(C)(C)c1ccc(Cl)cc1)N1CCN(c2cnn(C)c2)C(=O)C1.I. The summed E-state index contributed by atoms with van der Waals surface area (Å²) in [5, 5.41) is 8.31. The van der Waals surface area contributed by atoms with Crippen LogP contribution in [0.4, 0.5) is 5.69 Å². The maximum atomic E-state index is 12.6. The molecule has 2 heterocycles. The fourth-order valence-electron chi connectivity index (χ4n) is 3.31. The molecule has 1 N–H and O–H groups in total. The smallest absolute Gasteiger partial charge is 0.246 e. The Morgan fingerprint density at radius 2 is 1.97 bits per heavy atom. The molecule has 2 aromatic rings. The third-order valence-corrected chi connectivity index (χ3v) is 5.30. The molecule has 3 rings (SSSR count). The predicted octanol–water partition coefficient (Wildman–Crippen LogP) is 2.89. The number of nitrogens with one attached hydrogen (secondary N) is 1.